The van der Waals surface area contributed by atoms with Crippen molar-refractivity contribution in [3.05, 3.63) is 60.4 Å². The van der Waals surface area contributed by atoms with Crippen LogP contribution < -0.4 is 16.4 Å². The number of aromatic nitrogens is 5. The molecule has 2 amide bonds. The zero-order valence-electron chi connectivity index (χ0n) is 20.4. The summed E-state index contributed by atoms with van der Waals surface area (Å²) in [6, 6.07) is 8.99. The van der Waals surface area contributed by atoms with Crippen molar-refractivity contribution in [1.82, 2.24) is 29.5 Å². The smallest absolute Gasteiger partial charge is 0.294 e. The van der Waals surface area contributed by atoms with Crippen LogP contribution in [0.15, 0.2) is 48.9 Å². The first kappa shape index (κ1) is 23.0. The Bertz CT molecular complexity index is 1510. The predicted octanol–water partition coefficient (Wildman–Crippen LogP) is 2.90. The molecule has 1 aliphatic carbocycles. The van der Waals surface area contributed by atoms with E-state index in [-0.39, 0.29) is 17.3 Å². The molecule has 1 spiro atoms. The molecule has 0 atom stereocenters. The minimum absolute atomic E-state index is 0.0772. The fourth-order valence-corrected chi connectivity index (χ4v) is 5.03. The molecule has 4 aromatic heterocycles. The molecule has 4 aromatic rings. The maximum absolute atomic E-state index is 13.1. The second kappa shape index (κ2) is 8.93. The maximum Gasteiger partial charge on any atom is 0.294 e. The van der Waals surface area contributed by atoms with E-state index in [1.54, 1.807) is 42.0 Å². The summed E-state index contributed by atoms with van der Waals surface area (Å²) in [6.07, 6.45) is 9.70. The average molecular weight is 498 g/mol. The Morgan fingerprint density at radius 3 is 2.68 bits per heavy atom. The van der Waals surface area contributed by atoms with Gasteiger partial charge in [-0.1, -0.05) is 0 Å². The Hall–Kier alpha value is -4.38. The summed E-state index contributed by atoms with van der Waals surface area (Å²) in [5, 5.41) is 14.0. The van der Waals surface area contributed by atoms with Crippen LogP contribution in [0.25, 0.3) is 16.8 Å². The van der Waals surface area contributed by atoms with Crippen LogP contribution in [0, 0.1) is 6.92 Å². The molecule has 4 N–H and O–H groups in total. The molecule has 2 aliphatic rings. The van der Waals surface area contributed by atoms with Gasteiger partial charge in [-0.25, -0.2) is 4.98 Å². The maximum atomic E-state index is 13.1. The Kier molecular flexibility index (Phi) is 5.56. The highest BCUT2D eigenvalue weighted by Crippen LogP contribution is 2.49. The average Bonchev–Trinajstić information content (AvgIpc) is 3.38. The zero-order chi connectivity index (χ0) is 25.6. The molecule has 188 valence electrons. The van der Waals surface area contributed by atoms with Gasteiger partial charge < -0.3 is 16.4 Å². The summed E-state index contributed by atoms with van der Waals surface area (Å²) in [5.41, 5.74) is 9.85. The fraction of sp³-hybridized carbons (Fsp3) is 0.308. The lowest BCUT2D eigenvalue weighted by Crippen LogP contribution is -2.38. The number of nitrogens with two attached hydrogens (primary N) is 1. The van der Waals surface area contributed by atoms with Crippen LogP contribution in [-0.2, 0) is 4.79 Å². The van der Waals surface area contributed by atoms with E-state index in [4.69, 9.17) is 5.73 Å². The molecule has 6 rings (SSSR count). The number of nitrogen functional groups attached to an aromatic ring is 1. The number of anilines is 3. The minimum Gasteiger partial charge on any atom is -0.384 e. The molecule has 0 unspecified atom stereocenters. The van der Waals surface area contributed by atoms with Crippen LogP contribution in [-0.4, -0.2) is 59.9 Å². The Morgan fingerprint density at radius 2 is 1.89 bits per heavy atom. The molecule has 0 bridgehead atoms. The molecule has 5 heterocycles. The Morgan fingerprint density at radius 1 is 1.03 bits per heavy atom. The number of rotatable bonds is 6. The van der Waals surface area contributed by atoms with Gasteiger partial charge >= 0.3 is 0 Å². The van der Waals surface area contributed by atoms with Crippen LogP contribution in [0.4, 0.5) is 17.2 Å². The van der Waals surface area contributed by atoms with E-state index in [0.717, 1.165) is 24.1 Å². The van der Waals surface area contributed by atoms with Gasteiger partial charge in [0.15, 0.2) is 5.65 Å². The highest BCUT2D eigenvalue weighted by Gasteiger charge is 2.50. The van der Waals surface area contributed by atoms with Crippen molar-refractivity contribution in [2.75, 3.05) is 29.5 Å². The van der Waals surface area contributed by atoms with Crippen molar-refractivity contribution in [3.63, 3.8) is 0 Å². The van der Waals surface area contributed by atoms with Gasteiger partial charge in [-0.3, -0.25) is 23.9 Å². The fourth-order valence-electron chi connectivity index (χ4n) is 5.03. The summed E-state index contributed by atoms with van der Waals surface area (Å²) in [6.45, 7) is 3.12. The van der Waals surface area contributed by atoms with E-state index < -0.39 is 5.91 Å². The summed E-state index contributed by atoms with van der Waals surface area (Å²) in [7, 11) is 0. The van der Waals surface area contributed by atoms with Gasteiger partial charge in [-0.2, -0.15) is 0 Å². The molecule has 0 radical (unpaired) electrons. The third-order valence-corrected chi connectivity index (χ3v) is 7.25. The van der Waals surface area contributed by atoms with Crippen molar-refractivity contribution in [3.8, 4) is 11.1 Å². The number of hydrogen-bond acceptors (Lipinski definition) is 8. The van der Waals surface area contributed by atoms with Gasteiger partial charge in [0.25, 0.3) is 5.91 Å². The van der Waals surface area contributed by atoms with Gasteiger partial charge in [0.05, 0.1) is 29.8 Å². The number of hydrogen-bond donors (Lipinski definition) is 3. The third-order valence-electron chi connectivity index (χ3n) is 7.25. The predicted molar refractivity (Wildman–Crippen MR) is 139 cm³/mol. The van der Waals surface area contributed by atoms with E-state index in [0.29, 0.717) is 35.1 Å². The lowest BCUT2D eigenvalue weighted by atomic mass is 10.1. The monoisotopic (exact) mass is 497 g/mol. The second-order valence-corrected chi connectivity index (χ2v) is 9.75. The molecule has 1 saturated heterocycles. The number of pyridine rings is 3. The van der Waals surface area contributed by atoms with Gasteiger partial charge in [0.1, 0.15) is 5.82 Å². The first-order chi connectivity index (χ1) is 17.9. The largest absolute Gasteiger partial charge is 0.384 e. The van der Waals surface area contributed by atoms with E-state index in [1.165, 1.54) is 19.3 Å². The second-order valence-electron chi connectivity index (χ2n) is 9.75. The number of amides is 2. The zero-order valence-corrected chi connectivity index (χ0v) is 20.4. The summed E-state index contributed by atoms with van der Waals surface area (Å²) in [4.78, 5) is 36.5. The topological polar surface area (TPSA) is 143 Å². The van der Waals surface area contributed by atoms with Gasteiger partial charge in [-0.15, -0.1) is 10.2 Å². The molecular formula is C26H27N9O2. The number of aryl methyl sites for hydroxylation is 1. The lowest BCUT2D eigenvalue weighted by molar-refractivity contribution is -0.117. The van der Waals surface area contributed by atoms with E-state index in [1.807, 2.05) is 18.2 Å². The lowest BCUT2D eigenvalue weighted by Gasteiger charge is -2.23. The summed E-state index contributed by atoms with van der Waals surface area (Å²) >= 11 is 0. The number of fused-ring (bicyclic) bond motifs is 1. The van der Waals surface area contributed by atoms with Crippen LogP contribution in [0.3, 0.4) is 0 Å². The molecule has 1 aliphatic heterocycles. The number of carbonyl (C=O) groups is 2. The minimum atomic E-state index is -0.435. The van der Waals surface area contributed by atoms with Gasteiger partial charge in [-0.05, 0) is 75.0 Å². The van der Waals surface area contributed by atoms with Crippen LogP contribution in [0.5, 0.6) is 0 Å². The molecule has 11 heteroatoms. The highest BCUT2D eigenvalue weighted by atomic mass is 16.2. The Balaban J connectivity index is 1.16. The van der Waals surface area contributed by atoms with Crippen LogP contribution in [0.2, 0.25) is 0 Å². The van der Waals surface area contributed by atoms with Crippen molar-refractivity contribution in [2.24, 2.45) is 0 Å². The molecule has 11 nitrogen and oxygen atoms in total. The van der Waals surface area contributed by atoms with Crippen molar-refractivity contribution in [1.29, 1.82) is 0 Å². The number of carbonyl (C=O) groups excluding carboxylic acids is 2. The van der Waals surface area contributed by atoms with E-state index in [2.05, 4.69) is 35.7 Å². The molecule has 2 fully saturated rings. The molecule has 0 aromatic carbocycles. The van der Waals surface area contributed by atoms with Gasteiger partial charge in [0, 0.05) is 23.5 Å². The highest BCUT2D eigenvalue weighted by molar-refractivity contribution is 6.03. The Labute approximate surface area is 213 Å². The SMILES string of the molecule is Cc1ncc(NC(=O)CN2CCCC23CC3)cc1NC(=O)c1nnc2cc(-c3ccc(N)nc3)ccn12. The van der Waals surface area contributed by atoms with Crippen molar-refractivity contribution in [2.45, 2.75) is 38.1 Å². The summed E-state index contributed by atoms with van der Waals surface area (Å²) in [5.74, 6) is 0.0645. The van der Waals surface area contributed by atoms with E-state index >= 15 is 0 Å². The van der Waals surface area contributed by atoms with Crippen LogP contribution >= 0.6 is 0 Å². The summed E-state index contributed by atoms with van der Waals surface area (Å²) < 4.78 is 1.61. The van der Waals surface area contributed by atoms with Gasteiger partial charge in [0.2, 0.25) is 11.7 Å². The molecular weight excluding hydrogens is 470 g/mol. The normalized spacial score (nSPS) is 16.2. The number of nitrogens with zero attached hydrogens (tertiary/aromatic N) is 6. The van der Waals surface area contributed by atoms with Crippen molar-refractivity contribution < 1.29 is 9.59 Å². The van der Waals surface area contributed by atoms with E-state index in [9.17, 15) is 9.59 Å². The quantitative estimate of drug-likeness (QED) is 0.369. The molecule has 37 heavy (non-hydrogen) atoms. The molecule has 1 saturated carbocycles. The first-order valence-corrected chi connectivity index (χ1v) is 12.3. The standard InChI is InChI=1S/C26H27N9O2/c1-16-20(12-19(14-28-16)30-23(36)15-34-9-2-6-26(34)7-8-26)31-25(37)24-33-32-22-11-17(5-10-35(22)24)18-3-4-21(27)29-13-18/h3-5,10-14H,2,6-9,15H2,1H3,(H2,27,29)(H,30,36)(H,31,37). The van der Waals surface area contributed by atoms with Crippen LogP contribution in [0.1, 0.15) is 42.0 Å². The number of nitrogens with one attached hydrogen (secondary N) is 2. The number of likely N-dealkylation sites (tertiary alicyclic amines) is 1. The first-order valence-electron chi connectivity index (χ1n) is 12.3. The van der Waals surface area contributed by atoms with Crippen molar-refractivity contribution >= 4 is 34.7 Å². The third kappa shape index (κ3) is 4.49.